The molecular formula is C18H19BrN2O. The van der Waals surface area contributed by atoms with Gasteiger partial charge in [0.2, 0.25) is 5.91 Å². The number of anilines is 1. The van der Waals surface area contributed by atoms with Gasteiger partial charge in [-0.3, -0.25) is 4.79 Å². The number of benzene rings is 2. The summed E-state index contributed by atoms with van der Waals surface area (Å²) < 4.78 is 1.04. The largest absolute Gasteiger partial charge is 0.362 e. The highest BCUT2D eigenvalue weighted by Gasteiger charge is 2.21. The Morgan fingerprint density at radius 1 is 1.23 bits per heavy atom. The standard InChI is InChI=1S/C18H19BrN2O/c1-13(14-6-8-16(19)9-7-14)20-18(22)12-21-11-10-15-4-2-3-5-17(15)21/h2-9,13H,10-12H2,1H3,(H,20,22). The molecule has 4 heteroatoms. The summed E-state index contributed by atoms with van der Waals surface area (Å²) in [7, 11) is 0. The third kappa shape index (κ3) is 3.33. The monoisotopic (exact) mass is 358 g/mol. The lowest BCUT2D eigenvalue weighted by atomic mass is 10.1. The van der Waals surface area contributed by atoms with Gasteiger partial charge in [-0.15, -0.1) is 0 Å². The van der Waals surface area contributed by atoms with Crippen LogP contribution in [0.3, 0.4) is 0 Å². The minimum absolute atomic E-state index is 0.0125. The number of hydrogen-bond acceptors (Lipinski definition) is 2. The zero-order valence-corrected chi connectivity index (χ0v) is 14.1. The molecule has 1 N–H and O–H groups in total. The van der Waals surface area contributed by atoms with E-state index in [1.807, 2.05) is 37.3 Å². The topological polar surface area (TPSA) is 32.3 Å². The molecule has 0 saturated carbocycles. The van der Waals surface area contributed by atoms with Crippen LogP contribution in [0.25, 0.3) is 0 Å². The van der Waals surface area contributed by atoms with E-state index >= 15 is 0 Å². The normalized spacial score (nSPS) is 14.5. The molecule has 22 heavy (non-hydrogen) atoms. The van der Waals surface area contributed by atoms with E-state index in [-0.39, 0.29) is 11.9 Å². The summed E-state index contributed by atoms with van der Waals surface area (Å²) in [4.78, 5) is 14.4. The van der Waals surface area contributed by atoms with Crippen LogP contribution in [-0.4, -0.2) is 19.0 Å². The van der Waals surface area contributed by atoms with Crippen LogP contribution in [0.5, 0.6) is 0 Å². The van der Waals surface area contributed by atoms with Gasteiger partial charge in [-0.2, -0.15) is 0 Å². The van der Waals surface area contributed by atoms with Crippen molar-refractivity contribution in [3.8, 4) is 0 Å². The van der Waals surface area contributed by atoms with E-state index in [4.69, 9.17) is 0 Å². The van der Waals surface area contributed by atoms with Gasteiger partial charge in [0.1, 0.15) is 0 Å². The number of carbonyl (C=O) groups excluding carboxylic acids is 1. The molecule has 0 aromatic heterocycles. The van der Waals surface area contributed by atoms with Crippen molar-refractivity contribution >= 4 is 27.5 Å². The number of amides is 1. The van der Waals surface area contributed by atoms with E-state index in [1.54, 1.807) is 0 Å². The first kappa shape index (κ1) is 15.1. The van der Waals surface area contributed by atoms with Crippen LogP contribution in [0.15, 0.2) is 53.0 Å². The number of rotatable bonds is 4. The number of halogens is 1. The average Bonchev–Trinajstić information content (AvgIpc) is 2.91. The Kier molecular flexibility index (Phi) is 4.48. The lowest BCUT2D eigenvalue weighted by molar-refractivity contribution is -0.120. The first-order chi connectivity index (χ1) is 10.6. The number of nitrogens with zero attached hydrogens (tertiary/aromatic N) is 1. The second-order valence-electron chi connectivity index (χ2n) is 5.64. The maximum absolute atomic E-state index is 12.3. The van der Waals surface area contributed by atoms with E-state index in [0.29, 0.717) is 6.54 Å². The van der Waals surface area contributed by atoms with Crippen molar-refractivity contribution in [3.63, 3.8) is 0 Å². The van der Waals surface area contributed by atoms with Gasteiger partial charge in [0.05, 0.1) is 12.6 Å². The quantitative estimate of drug-likeness (QED) is 0.903. The van der Waals surface area contributed by atoms with Crippen LogP contribution in [0, 0.1) is 0 Å². The van der Waals surface area contributed by atoms with Crippen LogP contribution in [-0.2, 0) is 11.2 Å². The Morgan fingerprint density at radius 3 is 2.73 bits per heavy atom. The molecule has 0 spiro atoms. The fraction of sp³-hybridized carbons (Fsp3) is 0.278. The molecule has 0 radical (unpaired) electrons. The van der Waals surface area contributed by atoms with Crippen molar-refractivity contribution < 1.29 is 4.79 Å². The summed E-state index contributed by atoms with van der Waals surface area (Å²) >= 11 is 3.43. The molecule has 0 aliphatic carbocycles. The summed E-state index contributed by atoms with van der Waals surface area (Å²) in [5.41, 5.74) is 3.63. The van der Waals surface area contributed by atoms with Gasteiger partial charge >= 0.3 is 0 Å². The van der Waals surface area contributed by atoms with Crippen LogP contribution in [0.4, 0.5) is 5.69 Å². The molecule has 0 fully saturated rings. The summed E-state index contributed by atoms with van der Waals surface area (Å²) in [6, 6.07) is 16.4. The van der Waals surface area contributed by atoms with Crippen molar-refractivity contribution in [1.82, 2.24) is 5.32 Å². The molecule has 114 valence electrons. The third-order valence-corrected chi connectivity index (χ3v) is 4.59. The highest BCUT2D eigenvalue weighted by molar-refractivity contribution is 9.10. The Bertz CT molecular complexity index is 669. The molecule has 2 aromatic rings. The lowest BCUT2D eigenvalue weighted by Crippen LogP contribution is -2.37. The fourth-order valence-corrected chi connectivity index (χ4v) is 3.13. The number of nitrogens with one attached hydrogen (secondary N) is 1. The van der Waals surface area contributed by atoms with Crippen LogP contribution in [0.1, 0.15) is 24.1 Å². The fourth-order valence-electron chi connectivity index (χ4n) is 2.87. The molecule has 2 aromatic carbocycles. The first-order valence-electron chi connectivity index (χ1n) is 7.51. The summed E-state index contributed by atoms with van der Waals surface area (Å²) in [6.07, 6.45) is 1.02. The molecule has 1 atom stereocenters. The Morgan fingerprint density at radius 2 is 1.95 bits per heavy atom. The minimum atomic E-state index is 0.0125. The Balaban J connectivity index is 1.60. The molecule has 1 unspecified atom stereocenters. The van der Waals surface area contributed by atoms with Crippen molar-refractivity contribution in [2.45, 2.75) is 19.4 Å². The smallest absolute Gasteiger partial charge is 0.239 e. The molecule has 3 rings (SSSR count). The predicted molar refractivity (Wildman–Crippen MR) is 93.1 cm³/mol. The van der Waals surface area contributed by atoms with Gasteiger partial charge in [-0.1, -0.05) is 46.3 Å². The average molecular weight is 359 g/mol. The van der Waals surface area contributed by atoms with E-state index in [2.05, 4.69) is 44.3 Å². The molecule has 0 saturated heterocycles. The van der Waals surface area contributed by atoms with Gasteiger partial charge in [-0.25, -0.2) is 0 Å². The molecule has 3 nitrogen and oxygen atoms in total. The Labute approximate surface area is 139 Å². The minimum Gasteiger partial charge on any atom is -0.362 e. The van der Waals surface area contributed by atoms with Crippen molar-refractivity contribution in [1.29, 1.82) is 0 Å². The molecule has 0 bridgehead atoms. The zero-order valence-electron chi connectivity index (χ0n) is 12.6. The van der Waals surface area contributed by atoms with E-state index in [9.17, 15) is 4.79 Å². The Hall–Kier alpha value is -1.81. The van der Waals surface area contributed by atoms with Crippen LogP contribution < -0.4 is 10.2 Å². The summed E-state index contributed by atoms with van der Waals surface area (Å²) in [6.45, 7) is 3.34. The van der Waals surface area contributed by atoms with Crippen molar-refractivity contribution in [3.05, 3.63) is 64.1 Å². The maximum atomic E-state index is 12.3. The first-order valence-corrected chi connectivity index (χ1v) is 8.30. The van der Waals surface area contributed by atoms with Crippen LogP contribution >= 0.6 is 15.9 Å². The molecule has 1 amide bonds. The second kappa shape index (κ2) is 6.53. The molecule has 1 heterocycles. The molecular weight excluding hydrogens is 340 g/mol. The van der Waals surface area contributed by atoms with Gasteiger partial charge in [0, 0.05) is 16.7 Å². The summed E-state index contributed by atoms with van der Waals surface area (Å²) in [5.74, 6) is 0.0621. The highest BCUT2D eigenvalue weighted by atomic mass is 79.9. The third-order valence-electron chi connectivity index (χ3n) is 4.07. The predicted octanol–water partition coefficient (Wildman–Crippen LogP) is 3.69. The van der Waals surface area contributed by atoms with Gasteiger partial charge in [-0.05, 0) is 42.7 Å². The van der Waals surface area contributed by atoms with Crippen LogP contribution in [0.2, 0.25) is 0 Å². The molecule has 1 aliphatic rings. The lowest BCUT2D eigenvalue weighted by Gasteiger charge is -2.21. The number of carbonyl (C=O) groups is 1. The zero-order chi connectivity index (χ0) is 15.5. The molecule has 1 aliphatic heterocycles. The number of hydrogen-bond donors (Lipinski definition) is 1. The summed E-state index contributed by atoms with van der Waals surface area (Å²) in [5, 5.41) is 3.08. The van der Waals surface area contributed by atoms with Gasteiger partial charge in [0.15, 0.2) is 0 Å². The van der Waals surface area contributed by atoms with Gasteiger partial charge in [0.25, 0.3) is 0 Å². The highest BCUT2D eigenvalue weighted by Crippen LogP contribution is 2.27. The van der Waals surface area contributed by atoms with Crippen molar-refractivity contribution in [2.24, 2.45) is 0 Å². The van der Waals surface area contributed by atoms with E-state index < -0.39 is 0 Å². The van der Waals surface area contributed by atoms with Crippen molar-refractivity contribution in [2.75, 3.05) is 18.0 Å². The SMILES string of the molecule is CC(NC(=O)CN1CCc2ccccc21)c1ccc(Br)cc1. The van der Waals surface area contributed by atoms with E-state index in [0.717, 1.165) is 23.0 Å². The second-order valence-corrected chi connectivity index (χ2v) is 6.56. The van der Waals surface area contributed by atoms with E-state index in [1.165, 1.54) is 11.3 Å². The number of para-hydroxylation sites is 1. The number of fused-ring (bicyclic) bond motifs is 1. The maximum Gasteiger partial charge on any atom is 0.239 e. The van der Waals surface area contributed by atoms with Gasteiger partial charge < -0.3 is 10.2 Å².